The third-order valence-electron chi connectivity index (χ3n) is 2.05. The van der Waals surface area contributed by atoms with Gasteiger partial charge in [0.25, 0.3) is 0 Å². The summed E-state index contributed by atoms with van der Waals surface area (Å²) in [6.45, 7) is 0.436. The van der Waals surface area contributed by atoms with Crippen LogP contribution in [0.25, 0.3) is 0 Å². The lowest BCUT2D eigenvalue weighted by molar-refractivity contribution is 0.199. The molecule has 0 saturated carbocycles. The number of benzene rings is 1. The number of halogens is 1. The smallest absolute Gasteiger partial charge is 0.179 e. The molecule has 0 bridgehead atoms. The number of ether oxygens (including phenoxy) is 1. The molecule has 1 aromatic rings. The Morgan fingerprint density at radius 1 is 1.44 bits per heavy atom. The molecule has 90 valence electrons. The fourth-order valence-corrected chi connectivity index (χ4v) is 3.76. The van der Waals surface area contributed by atoms with Crippen molar-refractivity contribution in [1.82, 2.24) is 0 Å². The van der Waals surface area contributed by atoms with Gasteiger partial charge in [0.15, 0.2) is 9.84 Å². The van der Waals surface area contributed by atoms with Crippen LogP contribution in [-0.2, 0) is 14.6 Å². The van der Waals surface area contributed by atoms with Crippen molar-refractivity contribution in [1.29, 1.82) is 0 Å². The van der Waals surface area contributed by atoms with Crippen LogP contribution in [-0.4, -0.2) is 27.9 Å². The molecular weight excluding hydrogens is 294 g/mol. The van der Waals surface area contributed by atoms with Crippen LogP contribution in [0.1, 0.15) is 6.42 Å². The van der Waals surface area contributed by atoms with Gasteiger partial charge >= 0.3 is 0 Å². The number of anilines is 1. The number of nitrogens with two attached hydrogens (primary N) is 1. The fourth-order valence-electron chi connectivity index (χ4n) is 1.27. The molecule has 0 saturated heterocycles. The van der Waals surface area contributed by atoms with Crippen molar-refractivity contribution in [2.75, 3.05) is 25.2 Å². The zero-order chi connectivity index (χ0) is 12.2. The Morgan fingerprint density at radius 3 is 2.69 bits per heavy atom. The Labute approximate surface area is 104 Å². The first-order valence-electron chi connectivity index (χ1n) is 4.74. The van der Waals surface area contributed by atoms with Crippen molar-refractivity contribution >= 4 is 31.5 Å². The van der Waals surface area contributed by atoms with Gasteiger partial charge in [-0.3, -0.25) is 0 Å². The first-order valence-corrected chi connectivity index (χ1v) is 7.18. The van der Waals surface area contributed by atoms with Crippen LogP contribution in [0, 0.1) is 0 Å². The average Bonchev–Trinajstić information content (AvgIpc) is 2.17. The topological polar surface area (TPSA) is 69.4 Å². The van der Waals surface area contributed by atoms with Crippen molar-refractivity contribution in [3.05, 3.63) is 22.7 Å². The van der Waals surface area contributed by atoms with Crippen molar-refractivity contribution in [2.24, 2.45) is 0 Å². The minimum absolute atomic E-state index is 0.0728. The van der Waals surface area contributed by atoms with Crippen LogP contribution in [0.15, 0.2) is 27.6 Å². The maximum Gasteiger partial charge on any atom is 0.179 e. The third-order valence-corrected chi connectivity index (χ3v) is 4.82. The van der Waals surface area contributed by atoms with Gasteiger partial charge in [0.2, 0.25) is 0 Å². The molecule has 2 N–H and O–H groups in total. The number of methoxy groups -OCH3 is 1. The number of hydrogen-bond acceptors (Lipinski definition) is 4. The van der Waals surface area contributed by atoms with Gasteiger partial charge in [-0.15, -0.1) is 0 Å². The van der Waals surface area contributed by atoms with Gasteiger partial charge in [-0.1, -0.05) is 0 Å². The first-order chi connectivity index (χ1) is 7.47. The van der Waals surface area contributed by atoms with Crippen molar-refractivity contribution in [3.8, 4) is 0 Å². The molecule has 0 aromatic heterocycles. The Hall–Kier alpha value is -0.590. The van der Waals surface area contributed by atoms with E-state index >= 15 is 0 Å². The van der Waals surface area contributed by atoms with E-state index < -0.39 is 9.84 Å². The fraction of sp³-hybridized carbons (Fsp3) is 0.400. The SMILES string of the molecule is COCCCS(=O)(=O)c1ccc(N)cc1Br. The van der Waals surface area contributed by atoms with Gasteiger partial charge in [0.1, 0.15) is 0 Å². The summed E-state index contributed by atoms with van der Waals surface area (Å²) in [6.07, 6.45) is 0.482. The van der Waals surface area contributed by atoms with E-state index in [0.717, 1.165) is 0 Å². The largest absolute Gasteiger partial charge is 0.399 e. The molecule has 0 atom stereocenters. The van der Waals surface area contributed by atoms with Crippen LogP contribution in [0.4, 0.5) is 5.69 Å². The van der Waals surface area contributed by atoms with Crippen LogP contribution >= 0.6 is 15.9 Å². The minimum Gasteiger partial charge on any atom is -0.399 e. The molecule has 0 aliphatic rings. The Kier molecular flexibility index (Phi) is 4.76. The molecule has 4 nitrogen and oxygen atoms in total. The quantitative estimate of drug-likeness (QED) is 0.665. The second-order valence-corrected chi connectivity index (χ2v) is 6.29. The van der Waals surface area contributed by atoms with Crippen molar-refractivity contribution < 1.29 is 13.2 Å². The maximum atomic E-state index is 11.9. The molecular formula is C10H14BrNO3S. The highest BCUT2D eigenvalue weighted by atomic mass is 79.9. The standard InChI is InChI=1S/C10H14BrNO3S/c1-15-5-2-6-16(13,14)10-4-3-8(12)7-9(10)11/h3-4,7H,2,5-6,12H2,1H3. The summed E-state index contributed by atoms with van der Waals surface area (Å²) in [5.74, 6) is 0.0728. The van der Waals surface area contributed by atoms with Crippen LogP contribution in [0.5, 0.6) is 0 Å². The summed E-state index contributed by atoms with van der Waals surface area (Å²) < 4.78 is 29.2. The molecule has 1 rings (SSSR count). The summed E-state index contributed by atoms with van der Waals surface area (Å²) in [7, 11) is -1.72. The molecule has 0 aliphatic heterocycles. The molecule has 0 spiro atoms. The lowest BCUT2D eigenvalue weighted by Gasteiger charge is -2.07. The normalized spacial score (nSPS) is 11.6. The summed E-state index contributed by atoms with van der Waals surface area (Å²) in [6, 6.07) is 4.68. The maximum absolute atomic E-state index is 11.9. The van der Waals surface area contributed by atoms with E-state index in [-0.39, 0.29) is 10.6 Å². The molecule has 1 aromatic carbocycles. The van der Waals surface area contributed by atoms with Gasteiger partial charge in [-0.2, -0.15) is 0 Å². The van der Waals surface area contributed by atoms with E-state index in [2.05, 4.69) is 15.9 Å². The van der Waals surface area contributed by atoms with E-state index in [9.17, 15) is 8.42 Å². The highest BCUT2D eigenvalue weighted by Crippen LogP contribution is 2.25. The van der Waals surface area contributed by atoms with E-state index in [1.54, 1.807) is 19.2 Å². The Bertz CT molecular complexity index is 459. The summed E-state index contributed by atoms with van der Waals surface area (Å²) in [5.41, 5.74) is 6.08. The van der Waals surface area contributed by atoms with E-state index in [0.29, 0.717) is 23.2 Å². The molecule has 0 fully saturated rings. The summed E-state index contributed by atoms with van der Waals surface area (Å²) in [5, 5.41) is 0. The zero-order valence-electron chi connectivity index (χ0n) is 8.94. The second kappa shape index (κ2) is 5.65. The van der Waals surface area contributed by atoms with E-state index in [1.807, 2.05) is 0 Å². The Morgan fingerprint density at radius 2 is 2.12 bits per heavy atom. The molecule has 0 unspecified atom stereocenters. The number of rotatable bonds is 5. The second-order valence-electron chi connectivity index (χ2n) is 3.36. The number of nitrogen functional groups attached to an aromatic ring is 1. The van der Waals surface area contributed by atoms with Gasteiger partial charge in [-0.25, -0.2) is 8.42 Å². The van der Waals surface area contributed by atoms with Crippen LogP contribution in [0.2, 0.25) is 0 Å². The molecule has 0 radical (unpaired) electrons. The van der Waals surface area contributed by atoms with Crippen molar-refractivity contribution in [3.63, 3.8) is 0 Å². The van der Waals surface area contributed by atoms with Gasteiger partial charge in [0, 0.05) is 23.9 Å². The lowest BCUT2D eigenvalue weighted by Crippen LogP contribution is -2.09. The number of sulfone groups is 1. The van der Waals surface area contributed by atoms with Crippen molar-refractivity contribution in [2.45, 2.75) is 11.3 Å². The summed E-state index contributed by atoms with van der Waals surface area (Å²) >= 11 is 3.20. The molecule has 0 aliphatic carbocycles. The zero-order valence-corrected chi connectivity index (χ0v) is 11.3. The molecule has 6 heteroatoms. The first kappa shape index (κ1) is 13.5. The monoisotopic (exact) mass is 307 g/mol. The predicted molar refractivity (Wildman–Crippen MR) is 67.1 cm³/mol. The van der Waals surface area contributed by atoms with Gasteiger partial charge < -0.3 is 10.5 Å². The van der Waals surface area contributed by atoms with E-state index in [1.165, 1.54) is 6.07 Å². The molecule has 0 heterocycles. The van der Waals surface area contributed by atoms with Crippen LogP contribution < -0.4 is 5.73 Å². The predicted octanol–water partition coefficient (Wildman–Crippen LogP) is 1.84. The van der Waals surface area contributed by atoms with Crippen LogP contribution in [0.3, 0.4) is 0 Å². The Balaban J connectivity index is 2.90. The highest BCUT2D eigenvalue weighted by Gasteiger charge is 2.17. The minimum atomic E-state index is -3.26. The number of hydrogen-bond donors (Lipinski definition) is 1. The third kappa shape index (κ3) is 3.47. The average molecular weight is 308 g/mol. The molecule has 16 heavy (non-hydrogen) atoms. The van der Waals surface area contributed by atoms with Gasteiger partial charge in [-0.05, 0) is 40.5 Å². The lowest BCUT2D eigenvalue weighted by atomic mass is 10.3. The highest BCUT2D eigenvalue weighted by molar-refractivity contribution is 9.10. The van der Waals surface area contributed by atoms with E-state index in [4.69, 9.17) is 10.5 Å². The van der Waals surface area contributed by atoms with Gasteiger partial charge in [0.05, 0.1) is 10.6 Å². The summed E-state index contributed by atoms with van der Waals surface area (Å²) in [4.78, 5) is 0.276. The molecule has 0 amide bonds.